The topological polar surface area (TPSA) is 3.24 Å². The van der Waals surface area contributed by atoms with Gasteiger partial charge in [0, 0.05) is 19.0 Å². The zero-order valence-corrected chi connectivity index (χ0v) is 10.7. The Morgan fingerprint density at radius 1 is 1.31 bits per heavy atom. The van der Waals surface area contributed by atoms with Gasteiger partial charge in [-0.2, -0.15) is 0 Å². The zero-order valence-electron chi connectivity index (χ0n) is 9.97. The zero-order chi connectivity index (χ0) is 12.0. The van der Waals surface area contributed by atoms with Gasteiger partial charge in [-0.15, -0.1) is 11.6 Å². The Morgan fingerprint density at radius 2 is 2.06 bits per heavy atom. The number of halogens is 2. The molecule has 1 nitrogen and oxygen atoms in total. The number of alkyl halides is 1. The van der Waals surface area contributed by atoms with E-state index in [0.29, 0.717) is 11.6 Å². The minimum atomic E-state index is -0.170. The molecule has 0 N–H and O–H groups in total. The van der Waals surface area contributed by atoms with Gasteiger partial charge in [-0.05, 0) is 31.0 Å². The number of hydrogen-bond acceptors (Lipinski definition) is 1. The van der Waals surface area contributed by atoms with Gasteiger partial charge in [-0.3, -0.25) is 0 Å². The summed E-state index contributed by atoms with van der Waals surface area (Å²) in [5.41, 5.74) is 1.51. The van der Waals surface area contributed by atoms with Crippen molar-refractivity contribution < 1.29 is 4.39 Å². The van der Waals surface area contributed by atoms with Crippen molar-refractivity contribution in [1.82, 2.24) is 0 Å². The number of rotatable bonds is 6. The number of nitrogens with zero attached hydrogens (tertiary/aromatic N) is 1. The molecule has 0 heterocycles. The highest BCUT2D eigenvalue weighted by Gasteiger charge is 2.09. The molecular formula is C13H19ClFN. The molecule has 16 heavy (non-hydrogen) atoms. The van der Waals surface area contributed by atoms with Gasteiger partial charge in [0.25, 0.3) is 0 Å². The smallest absolute Gasteiger partial charge is 0.146 e. The monoisotopic (exact) mass is 243 g/mol. The molecule has 90 valence electrons. The summed E-state index contributed by atoms with van der Waals surface area (Å²) in [6.07, 6.45) is 2.21. The molecule has 0 atom stereocenters. The van der Waals surface area contributed by atoms with E-state index in [4.69, 9.17) is 11.6 Å². The lowest BCUT2D eigenvalue weighted by Crippen LogP contribution is -2.24. The molecule has 0 aromatic heterocycles. The van der Waals surface area contributed by atoms with Gasteiger partial charge in [0.1, 0.15) is 5.82 Å². The minimum Gasteiger partial charge on any atom is -0.369 e. The van der Waals surface area contributed by atoms with Crippen molar-refractivity contribution in [2.75, 3.05) is 18.0 Å². The predicted molar refractivity (Wildman–Crippen MR) is 68.8 cm³/mol. The maximum atomic E-state index is 13.8. The largest absolute Gasteiger partial charge is 0.369 e. The highest BCUT2D eigenvalue weighted by atomic mass is 35.5. The van der Waals surface area contributed by atoms with Crippen molar-refractivity contribution in [3.63, 3.8) is 0 Å². The number of benzene rings is 1. The lowest BCUT2D eigenvalue weighted by Gasteiger charge is -2.23. The van der Waals surface area contributed by atoms with Crippen LogP contribution in [0.5, 0.6) is 0 Å². The third-order valence-electron chi connectivity index (χ3n) is 2.67. The van der Waals surface area contributed by atoms with Crippen LogP contribution in [-0.2, 0) is 5.88 Å². The molecule has 1 aromatic rings. The predicted octanol–water partition coefficient (Wildman–Crippen LogP) is 4.19. The van der Waals surface area contributed by atoms with E-state index < -0.39 is 0 Å². The Labute approximate surface area is 102 Å². The summed E-state index contributed by atoms with van der Waals surface area (Å²) < 4.78 is 13.8. The van der Waals surface area contributed by atoms with Crippen molar-refractivity contribution in [2.24, 2.45) is 0 Å². The average Bonchev–Trinajstić information content (AvgIpc) is 2.31. The van der Waals surface area contributed by atoms with Crippen LogP contribution in [0.25, 0.3) is 0 Å². The van der Waals surface area contributed by atoms with Gasteiger partial charge in [0.05, 0.1) is 5.69 Å². The quantitative estimate of drug-likeness (QED) is 0.677. The summed E-state index contributed by atoms with van der Waals surface area (Å²) >= 11 is 5.67. The van der Waals surface area contributed by atoms with Gasteiger partial charge >= 0.3 is 0 Å². The first-order chi connectivity index (χ1) is 7.72. The molecule has 0 amide bonds. The molecule has 0 spiro atoms. The van der Waals surface area contributed by atoms with Crippen molar-refractivity contribution in [1.29, 1.82) is 0 Å². The molecule has 1 aromatic carbocycles. The highest BCUT2D eigenvalue weighted by Crippen LogP contribution is 2.21. The Hall–Kier alpha value is -0.760. The Kier molecular flexibility index (Phi) is 5.61. The van der Waals surface area contributed by atoms with Crippen LogP contribution in [0.3, 0.4) is 0 Å². The van der Waals surface area contributed by atoms with Crippen molar-refractivity contribution in [3.05, 3.63) is 29.6 Å². The van der Waals surface area contributed by atoms with Crippen molar-refractivity contribution >= 4 is 17.3 Å². The molecule has 0 aliphatic heterocycles. The summed E-state index contributed by atoms with van der Waals surface area (Å²) in [5.74, 6) is 0.189. The molecule has 0 saturated heterocycles. The van der Waals surface area contributed by atoms with E-state index in [1.807, 2.05) is 19.1 Å². The average molecular weight is 244 g/mol. The van der Waals surface area contributed by atoms with Crippen LogP contribution in [0.1, 0.15) is 32.3 Å². The lowest BCUT2D eigenvalue weighted by molar-refractivity contribution is 0.612. The molecule has 0 aliphatic carbocycles. The SMILES string of the molecule is CCCCN(CC)c1ccc(CCl)cc1F. The molecular weight excluding hydrogens is 225 g/mol. The van der Waals surface area contributed by atoms with E-state index >= 15 is 0 Å². The lowest BCUT2D eigenvalue weighted by atomic mass is 10.2. The summed E-state index contributed by atoms with van der Waals surface area (Å²) in [7, 11) is 0. The summed E-state index contributed by atoms with van der Waals surface area (Å²) in [6, 6.07) is 5.24. The standard InChI is InChI=1S/C13H19ClFN/c1-3-5-8-16(4-2)13-7-6-11(10-14)9-12(13)15/h6-7,9H,3-5,8,10H2,1-2H3. The maximum absolute atomic E-state index is 13.8. The van der Waals surface area contributed by atoms with Crippen LogP contribution >= 0.6 is 11.6 Å². The Morgan fingerprint density at radius 3 is 2.56 bits per heavy atom. The van der Waals surface area contributed by atoms with Gasteiger partial charge < -0.3 is 4.90 Å². The second kappa shape index (κ2) is 6.74. The summed E-state index contributed by atoms with van der Waals surface area (Å²) in [5, 5.41) is 0. The van der Waals surface area contributed by atoms with Crippen LogP contribution in [-0.4, -0.2) is 13.1 Å². The van der Waals surface area contributed by atoms with E-state index in [0.717, 1.165) is 31.5 Å². The van der Waals surface area contributed by atoms with E-state index in [2.05, 4.69) is 11.8 Å². The maximum Gasteiger partial charge on any atom is 0.146 e. The van der Waals surface area contributed by atoms with Crippen LogP contribution < -0.4 is 4.90 Å². The van der Waals surface area contributed by atoms with Crippen molar-refractivity contribution in [2.45, 2.75) is 32.6 Å². The molecule has 1 rings (SSSR count). The Bertz CT molecular complexity index is 328. The van der Waals surface area contributed by atoms with Crippen LogP contribution in [0.4, 0.5) is 10.1 Å². The third-order valence-corrected chi connectivity index (χ3v) is 2.98. The molecule has 0 aliphatic rings. The second-order valence-electron chi connectivity index (χ2n) is 3.85. The van der Waals surface area contributed by atoms with E-state index in [-0.39, 0.29) is 5.82 Å². The van der Waals surface area contributed by atoms with Crippen LogP contribution in [0.15, 0.2) is 18.2 Å². The van der Waals surface area contributed by atoms with Gasteiger partial charge in [-0.1, -0.05) is 19.4 Å². The Balaban J connectivity index is 2.83. The molecule has 0 fully saturated rings. The fourth-order valence-corrected chi connectivity index (χ4v) is 1.85. The van der Waals surface area contributed by atoms with Gasteiger partial charge in [-0.25, -0.2) is 4.39 Å². The third kappa shape index (κ3) is 3.38. The molecule has 0 unspecified atom stereocenters. The minimum absolute atomic E-state index is 0.170. The van der Waals surface area contributed by atoms with Gasteiger partial charge in [0.2, 0.25) is 0 Å². The van der Waals surface area contributed by atoms with E-state index in [1.54, 1.807) is 0 Å². The van der Waals surface area contributed by atoms with Crippen LogP contribution in [0.2, 0.25) is 0 Å². The summed E-state index contributed by atoms with van der Waals surface area (Å²) in [6.45, 7) is 5.92. The first-order valence-electron chi connectivity index (χ1n) is 5.82. The normalized spacial score (nSPS) is 10.5. The molecule has 0 radical (unpaired) electrons. The first-order valence-corrected chi connectivity index (χ1v) is 6.35. The fourth-order valence-electron chi connectivity index (χ4n) is 1.69. The number of unbranched alkanes of at least 4 members (excludes halogenated alkanes) is 1. The van der Waals surface area contributed by atoms with Crippen molar-refractivity contribution in [3.8, 4) is 0 Å². The fraction of sp³-hybridized carbons (Fsp3) is 0.538. The molecule has 3 heteroatoms. The van der Waals surface area contributed by atoms with Gasteiger partial charge in [0.15, 0.2) is 0 Å². The van der Waals surface area contributed by atoms with E-state index in [9.17, 15) is 4.39 Å². The second-order valence-corrected chi connectivity index (χ2v) is 4.12. The molecule has 0 saturated carbocycles. The highest BCUT2D eigenvalue weighted by molar-refractivity contribution is 6.17. The number of anilines is 1. The first kappa shape index (κ1) is 13.3. The molecule has 0 bridgehead atoms. The van der Waals surface area contributed by atoms with E-state index in [1.165, 1.54) is 6.07 Å². The number of hydrogen-bond donors (Lipinski definition) is 0. The summed E-state index contributed by atoms with van der Waals surface area (Å²) in [4.78, 5) is 2.07. The van der Waals surface area contributed by atoms with Crippen LogP contribution in [0, 0.1) is 5.82 Å².